The third-order valence-electron chi connectivity index (χ3n) is 5.01. The Morgan fingerprint density at radius 1 is 0.741 bits per heavy atom. The molecule has 0 amide bonds. The zero-order valence-electron chi connectivity index (χ0n) is 14.8. The van der Waals surface area contributed by atoms with E-state index < -0.39 is 20.0 Å². The molecule has 1 fully saturated rings. The molecule has 6 nitrogen and oxygen atoms in total. The summed E-state index contributed by atoms with van der Waals surface area (Å²) in [7, 11) is -7.33. The lowest BCUT2D eigenvalue weighted by atomic mass is 9.88. The maximum Gasteiger partial charge on any atom is 0.241 e. The van der Waals surface area contributed by atoms with Gasteiger partial charge in [-0.1, -0.05) is 24.3 Å². The molecule has 0 saturated heterocycles. The molecule has 0 bridgehead atoms. The molecule has 0 unspecified atom stereocenters. The second-order valence-electron chi connectivity index (χ2n) is 7.13. The Kier molecular flexibility index (Phi) is 4.84. The van der Waals surface area contributed by atoms with Crippen LogP contribution >= 0.6 is 0 Å². The summed E-state index contributed by atoms with van der Waals surface area (Å²) in [4.78, 5) is 0.146. The molecule has 2 aromatic rings. The number of sulfonamides is 2. The monoisotopic (exact) mass is 406 g/mol. The molecule has 0 aliphatic heterocycles. The summed E-state index contributed by atoms with van der Waals surface area (Å²) in [5, 5.41) is 0. The van der Waals surface area contributed by atoms with Gasteiger partial charge in [0.05, 0.1) is 9.79 Å². The number of aryl methyl sites for hydroxylation is 1. The second-order valence-corrected chi connectivity index (χ2v) is 10.6. The third-order valence-corrected chi connectivity index (χ3v) is 8.03. The van der Waals surface area contributed by atoms with E-state index in [0.29, 0.717) is 0 Å². The van der Waals surface area contributed by atoms with Crippen molar-refractivity contribution in [1.29, 1.82) is 0 Å². The van der Waals surface area contributed by atoms with Crippen molar-refractivity contribution in [1.82, 2.24) is 9.44 Å². The standard InChI is InChI=1S/C19H22N2O4S2/c22-26(23,20-15-8-9-15)16-10-12-17(13-11-16)27(24,25)21-19-7-3-5-14-4-1-2-6-18(14)19/h1-2,4,6,10-13,15,19-21H,3,5,7-9H2/t19-/m0/s1. The molecule has 0 heterocycles. The highest BCUT2D eigenvalue weighted by Crippen LogP contribution is 2.31. The lowest BCUT2D eigenvalue weighted by Gasteiger charge is -2.26. The van der Waals surface area contributed by atoms with Gasteiger partial charge in [0.2, 0.25) is 20.0 Å². The van der Waals surface area contributed by atoms with Gasteiger partial charge in [-0.25, -0.2) is 26.3 Å². The zero-order valence-corrected chi connectivity index (χ0v) is 16.4. The van der Waals surface area contributed by atoms with Crippen LogP contribution in [0.4, 0.5) is 0 Å². The first-order chi connectivity index (χ1) is 12.9. The molecule has 0 aromatic heterocycles. The van der Waals surface area contributed by atoms with Gasteiger partial charge in [0.1, 0.15) is 0 Å². The Bertz CT molecular complexity index is 1040. The van der Waals surface area contributed by atoms with Gasteiger partial charge in [-0.2, -0.15) is 0 Å². The highest BCUT2D eigenvalue weighted by molar-refractivity contribution is 7.90. The van der Waals surface area contributed by atoms with E-state index in [4.69, 9.17) is 0 Å². The van der Waals surface area contributed by atoms with E-state index in [2.05, 4.69) is 9.44 Å². The number of nitrogens with one attached hydrogen (secondary N) is 2. The molecule has 1 saturated carbocycles. The molecule has 2 N–H and O–H groups in total. The average Bonchev–Trinajstić information content (AvgIpc) is 3.45. The first-order valence-electron chi connectivity index (χ1n) is 9.08. The topological polar surface area (TPSA) is 92.3 Å². The van der Waals surface area contributed by atoms with Crippen LogP contribution in [0.1, 0.15) is 42.9 Å². The summed E-state index contributed by atoms with van der Waals surface area (Å²) in [6.07, 6.45) is 4.31. The molecule has 2 aliphatic rings. The quantitative estimate of drug-likeness (QED) is 0.771. The van der Waals surface area contributed by atoms with Crippen molar-refractivity contribution in [2.45, 2.75) is 54.0 Å². The summed E-state index contributed by atoms with van der Waals surface area (Å²) in [5.74, 6) is 0. The van der Waals surface area contributed by atoms with Crippen molar-refractivity contribution in [2.24, 2.45) is 0 Å². The van der Waals surface area contributed by atoms with Crippen LogP contribution in [0.5, 0.6) is 0 Å². The van der Waals surface area contributed by atoms with Gasteiger partial charge in [0.15, 0.2) is 0 Å². The van der Waals surface area contributed by atoms with E-state index in [1.807, 2.05) is 24.3 Å². The smallest absolute Gasteiger partial charge is 0.208 e. The number of benzene rings is 2. The summed E-state index contributed by atoms with van der Waals surface area (Å²) < 4.78 is 55.4. The molecule has 2 aliphatic carbocycles. The van der Waals surface area contributed by atoms with Crippen LogP contribution in [0.25, 0.3) is 0 Å². The maximum atomic E-state index is 12.8. The van der Waals surface area contributed by atoms with E-state index in [0.717, 1.165) is 37.7 Å². The molecule has 4 rings (SSSR count). The molecule has 8 heteroatoms. The minimum atomic E-state index is -3.74. The van der Waals surface area contributed by atoms with Crippen LogP contribution < -0.4 is 9.44 Å². The van der Waals surface area contributed by atoms with Crippen molar-refractivity contribution in [3.63, 3.8) is 0 Å². The number of hydrogen-bond donors (Lipinski definition) is 2. The maximum absolute atomic E-state index is 12.8. The molecule has 27 heavy (non-hydrogen) atoms. The summed E-state index contributed by atoms with van der Waals surface area (Å²) >= 11 is 0. The van der Waals surface area contributed by atoms with Gasteiger partial charge in [-0.3, -0.25) is 0 Å². The van der Waals surface area contributed by atoms with Crippen LogP contribution in [0, 0.1) is 0 Å². The lowest BCUT2D eigenvalue weighted by molar-refractivity contribution is 0.507. The minimum Gasteiger partial charge on any atom is -0.208 e. The Balaban J connectivity index is 1.54. The van der Waals surface area contributed by atoms with Crippen LogP contribution in [0.3, 0.4) is 0 Å². The van der Waals surface area contributed by atoms with Gasteiger partial charge in [-0.05, 0) is 67.5 Å². The van der Waals surface area contributed by atoms with Crippen molar-refractivity contribution < 1.29 is 16.8 Å². The predicted octanol–water partition coefficient (Wildman–Crippen LogP) is 2.48. The zero-order chi connectivity index (χ0) is 19.1. The first-order valence-corrected chi connectivity index (χ1v) is 12.0. The molecular weight excluding hydrogens is 384 g/mol. The molecule has 1 atom stereocenters. The van der Waals surface area contributed by atoms with E-state index in [1.165, 1.54) is 29.8 Å². The number of rotatable bonds is 6. The molecular formula is C19H22N2O4S2. The predicted molar refractivity (Wildman–Crippen MR) is 102 cm³/mol. The fourth-order valence-corrected chi connectivity index (χ4v) is 5.97. The minimum absolute atomic E-state index is 0.00597. The normalized spacial score (nSPS) is 20.2. The van der Waals surface area contributed by atoms with Crippen molar-refractivity contribution in [2.75, 3.05) is 0 Å². The summed E-state index contributed by atoms with van der Waals surface area (Å²) in [6, 6.07) is 13.0. The highest BCUT2D eigenvalue weighted by atomic mass is 32.2. The van der Waals surface area contributed by atoms with Crippen molar-refractivity contribution in [3.05, 3.63) is 59.7 Å². The van der Waals surface area contributed by atoms with E-state index in [9.17, 15) is 16.8 Å². The molecule has 2 aromatic carbocycles. The highest BCUT2D eigenvalue weighted by Gasteiger charge is 2.29. The molecule has 0 spiro atoms. The third kappa shape index (κ3) is 4.08. The second kappa shape index (κ2) is 7.01. The Hall–Kier alpha value is -1.74. The first kappa shape index (κ1) is 18.6. The van der Waals surface area contributed by atoms with Crippen LogP contribution in [0.15, 0.2) is 58.3 Å². The van der Waals surface area contributed by atoms with Crippen LogP contribution in [-0.2, 0) is 26.5 Å². The fourth-order valence-electron chi connectivity index (χ4n) is 3.42. The molecule has 144 valence electrons. The van der Waals surface area contributed by atoms with Crippen LogP contribution in [-0.4, -0.2) is 22.9 Å². The van der Waals surface area contributed by atoms with Gasteiger partial charge in [0.25, 0.3) is 0 Å². The van der Waals surface area contributed by atoms with Gasteiger partial charge in [0, 0.05) is 12.1 Å². The number of fused-ring (bicyclic) bond motifs is 1. The Labute approximate surface area is 160 Å². The summed E-state index contributed by atoms with van der Waals surface area (Å²) in [5.41, 5.74) is 2.18. The van der Waals surface area contributed by atoms with E-state index in [-0.39, 0.29) is 21.9 Å². The van der Waals surface area contributed by atoms with Crippen molar-refractivity contribution >= 4 is 20.0 Å². The molecule has 0 radical (unpaired) electrons. The Morgan fingerprint density at radius 2 is 1.33 bits per heavy atom. The van der Waals surface area contributed by atoms with E-state index in [1.54, 1.807) is 0 Å². The largest absolute Gasteiger partial charge is 0.241 e. The van der Waals surface area contributed by atoms with E-state index >= 15 is 0 Å². The van der Waals surface area contributed by atoms with Gasteiger partial charge >= 0.3 is 0 Å². The van der Waals surface area contributed by atoms with Crippen LogP contribution in [0.2, 0.25) is 0 Å². The SMILES string of the molecule is O=S(=O)(NC1CC1)c1ccc(S(=O)(=O)N[C@H]2CCCc3ccccc32)cc1. The van der Waals surface area contributed by atoms with Gasteiger partial charge in [-0.15, -0.1) is 0 Å². The lowest BCUT2D eigenvalue weighted by Crippen LogP contribution is -2.31. The van der Waals surface area contributed by atoms with Gasteiger partial charge < -0.3 is 0 Å². The fraction of sp³-hybridized carbons (Fsp3) is 0.368. The number of hydrogen-bond acceptors (Lipinski definition) is 4. The average molecular weight is 407 g/mol. The summed E-state index contributed by atoms with van der Waals surface area (Å²) in [6.45, 7) is 0. The Morgan fingerprint density at radius 3 is 1.96 bits per heavy atom. The van der Waals surface area contributed by atoms with Crippen molar-refractivity contribution in [3.8, 4) is 0 Å².